The van der Waals surface area contributed by atoms with E-state index >= 15 is 0 Å². The van der Waals surface area contributed by atoms with E-state index in [-0.39, 0.29) is 5.97 Å². The minimum atomic E-state index is -0.207. The van der Waals surface area contributed by atoms with E-state index in [9.17, 15) is 4.79 Å². The van der Waals surface area contributed by atoms with Crippen LogP contribution >= 0.6 is 23.1 Å². The lowest BCUT2D eigenvalue weighted by molar-refractivity contribution is 0.0532. The van der Waals surface area contributed by atoms with Crippen LogP contribution in [-0.4, -0.2) is 12.6 Å². The number of aryl methyl sites for hydroxylation is 1. The fraction of sp³-hybridized carbons (Fsp3) is 0.267. The molecule has 0 radical (unpaired) electrons. The first-order valence-corrected chi connectivity index (χ1v) is 8.03. The Morgan fingerprint density at radius 1 is 1.37 bits per heavy atom. The lowest BCUT2D eigenvalue weighted by Crippen LogP contribution is -2.01. The number of hydrogen-bond donors (Lipinski definition) is 0. The van der Waals surface area contributed by atoms with Gasteiger partial charge in [-0.1, -0.05) is 11.6 Å². The molecule has 2 nitrogen and oxygen atoms in total. The second-order valence-electron chi connectivity index (χ2n) is 4.47. The largest absolute Gasteiger partial charge is 0.462 e. The monoisotopic (exact) mass is 290 g/mol. The van der Waals surface area contributed by atoms with Crippen LogP contribution in [0.2, 0.25) is 0 Å². The van der Waals surface area contributed by atoms with E-state index in [1.807, 2.05) is 24.8 Å². The molecule has 0 fully saturated rings. The molecule has 4 heteroatoms. The fourth-order valence-electron chi connectivity index (χ4n) is 2.17. The maximum atomic E-state index is 11.8. The van der Waals surface area contributed by atoms with Gasteiger partial charge in [-0.2, -0.15) is 0 Å². The summed E-state index contributed by atoms with van der Waals surface area (Å²) in [5.41, 5.74) is 3.75. The number of rotatable bonds is 2. The quantitative estimate of drug-likeness (QED) is 0.761. The molecule has 0 atom stereocenters. The standard InChI is InChI=1S/C15H14O2S2/c1-3-17-15(16)13-7-10-8-18-12-5-4-9(2)6-11(12)14(10)19-13/h4-7H,3,8H2,1-2H3. The third kappa shape index (κ3) is 2.30. The summed E-state index contributed by atoms with van der Waals surface area (Å²) in [6, 6.07) is 8.49. The number of ether oxygens (including phenoxy) is 1. The van der Waals surface area contributed by atoms with Gasteiger partial charge in [0.2, 0.25) is 0 Å². The van der Waals surface area contributed by atoms with Crippen molar-refractivity contribution in [2.24, 2.45) is 0 Å². The Balaban J connectivity index is 2.06. The van der Waals surface area contributed by atoms with Gasteiger partial charge in [0.15, 0.2) is 0 Å². The van der Waals surface area contributed by atoms with Gasteiger partial charge in [0.1, 0.15) is 4.88 Å². The summed E-state index contributed by atoms with van der Waals surface area (Å²) >= 11 is 3.38. The van der Waals surface area contributed by atoms with Crippen LogP contribution in [0.15, 0.2) is 29.2 Å². The summed E-state index contributed by atoms with van der Waals surface area (Å²) in [7, 11) is 0. The van der Waals surface area contributed by atoms with Crippen molar-refractivity contribution in [3.8, 4) is 10.4 Å². The molecule has 2 aromatic rings. The van der Waals surface area contributed by atoms with Crippen molar-refractivity contribution in [3.05, 3.63) is 40.3 Å². The van der Waals surface area contributed by atoms with Gasteiger partial charge in [-0.3, -0.25) is 0 Å². The van der Waals surface area contributed by atoms with Crippen LogP contribution in [0.4, 0.5) is 0 Å². The van der Waals surface area contributed by atoms with Crippen LogP contribution in [0.5, 0.6) is 0 Å². The van der Waals surface area contributed by atoms with Gasteiger partial charge >= 0.3 is 5.97 Å². The highest BCUT2D eigenvalue weighted by atomic mass is 32.2. The Bertz CT molecular complexity index is 644. The van der Waals surface area contributed by atoms with E-state index in [0.717, 1.165) is 5.75 Å². The van der Waals surface area contributed by atoms with E-state index in [2.05, 4.69) is 25.1 Å². The predicted molar refractivity (Wildman–Crippen MR) is 80.0 cm³/mol. The second-order valence-corrected chi connectivity index (χ2v) is 6.54. The van der Waals surface area contributed by atoms with Crippen molar-refractivity contribution in [3.63, 3.8) is 0 Å². The Hall–Kier alpha value is -1.26. The molecular weight excluding hydrogens is 276 g/mol. The number of thiophene rings is 1. The number of esters is 1. The number of benzene rings is 1. The Morgan fingerprint density at radius 3 is 3.00 bits per heavy atom. The first kappa shape index (κ1) is 12.8. The summed E-state index contributed by atoms with van der Waals surface area (Å²) in [6.07, 6.45) is 0. The minimum Gasteiger partial charge on any atom is -0.462 e. The zero-order valence-corrected chi connectivity index (χ0v) is 12.5. The number of fused-ring (bicyclic) bond motifs is 3. The molecule has 0 aliphatic carbocycles. The normalized spacial score (nSPS) is 12.7. The van der Waals surface area contributed by atoms with Crippen molar-refractivity contribution in [2.45, 2.75) is 24.5 Å². The van der Waals surface area contributed by atoms with E-state index in [0.29, 0.717) is 11.5 Å². The Morgan fingerprint density at radius 2 is 2.21 bits per heavy atom. The topological polar surface area (TPSA) is 26.3 Å². The lowest BCUT2D eigenvalue weighted by atomic mass is 10.1. The van der Waals surface area contributed by atoms with Crippen molar-refractivity contribution in [1.82, 2.24) is 0 Å². The lowest BCUT2D eigenvalue weighted by Gasteiger charge is -2.15. The molecule has 2 heterocycles. The molecule has 3 rings (SSSR count). The SMILES string of the molecule is CCOC(=O)c1cc2c(s1)-c1cc(C)ccc1SC2. The molecule has 0 saturated carbocycles. The molecule has 1 aliphatic rings. The van der Waals surface area contributed by atoms with Gasteiger partial charge < -0.3 is 4.74 Å². The average Bonchev–Trinajstić information content (AvgIpc) is 2.83. The molecule has 1 aromatic heterocycles. The predicted octanol–water partition coefficient (Wildman–Crippen LogP) is 4.51. The molecule has 98 valence electrons. The number of carbonyl (C=O) groups excluding carboxylic acids is 1. The minimum absolute atomic E-state index is 0.207. The first-order valence-electron chi connectivity index (χ1n) is 6.22. The van der Waals surface area contributed by atoms with Crippen molar-refractivity contribution < 1.29 is 9.53 Å². The first-order chi connectivity index (χ1) is 9.19. The molecular formula is C15H14O2S2. The van der Waals surface area contributed by atoms with Crippen molar-refractivity contribution in [1.29, 1.82) is 0 Å². The molecule has 0 unspecified atom stereocenters. The molecule has 1 aliphatic heterocycles. The maximum absolute atomic E-state index is 11.8. The number of carbonyl (C=O) groups is 1. The van der Waals surface area contributed by atoms with Crippen LogP contribution in [0.1, 0.15) is 27.7 Å². The fourth-order valence-corrected chi connectivity index (χ4v) is 4.45. The average molecular weight is 290 g/mol. The molecule has 0 spiro atoms. The van der Waals surface area contributed by atoms with Crippen LogP contribution in [0.3, 0.4) is 0 Å². The van der Waals surface area contributed by atoms with Gasteiger partial charge in [0.05, 0.1) is 6.61 Å². The molecule has 0 N–H and O–H groups in total. The van der Waals surface area contributed by atoms with Crippen LogP contribution in [0, 0.1) is 6.92 Å². The zero-order valence-electron chi connectivity index (χ0n) is 10.9. The number of thioether (sulfide) groups is 1. The third-order valence-corrected chi connectivity index (χ3v) is 5.36. The molecule has 0 saturated heterocycles. The van der Waals surface area contributed by atoms with E-state index in [1.165, 1.54) is 26.5 Å². The summed E-state index contributed by atoms with van der Waals surface area (Å²) in [5.74, 6) is 0.725. The van der Waals surface area contributed by atoms with E-state index in [1.54, 1.807) is 11.3 Å². The molecule has 1 aromatic carbocycles. The van der Waals surface area contributed by atoms with Gasteiger partial charge in [-0.25, -0.2) is 4.79 Å². The highest BCUT2D eigenvalue weighted by Crippen LogP contribution is 2.45. The smallest absolute Gasteiger partial charge is 0.348 e. The zero-order chi connectivity index (χ0) is 13.4. The molecule has 0 bridgehead atoms. The van der Waals surface area contributed by atoms with Crippen molar-refractivity contribution in [2.75, 3.05) is 6.61 Å². The summed E-state index contributed by atoms with van der Waals surface area (Å²) < 4.78 is 5.08. The van der Waals surface area contributed by atoms with Crippen LogP contribution < -0.4 is 0 Å². The van der Waals surface area contributed by atoms with Gasteiger partial charge in [0.25, 0.3) is 0 Å². The molecule has 19 heavy (non-hydrogen) atoms. The second kappa shape index (κ2) is 5.02. The third-order valence-electron chi connectivity index (χ3n) is 3.05. The van der Waals surface area contributed by atoms with E-state index in [4.69, 9.17) is 4.74 Å². The highest BCUT2D eigenvalue weighted by molar-refractivity contribution is 7.98. The maximum Gasteiger partial charge on any atom is 0.348 e. The van der Waals surface area contributed by atoms with Gasteiger partial charge in [-0.05, 0) is 37.6 Å². The highest BCUT2D eigenvalue weighted by Gasteiger charge is 2.22. The molecule has 0 amide bonds. The van der Waals surface area contributed by atoms with Gasteiger partial charge in [-0.15, -0.1) is 23.1 Å². The van der Waals surface area contributed by atoms with Gasteiger partial charge in [0, 0.05) is 21.1 Å². The van der Waals surface area contributed by atoms with Crippen LogP contribution in [-0.2, 0) is 10.5 Å². The Labute approximate surface area is 120 Å². The van der Waals surface area contributed by atoms with E-state index < -0.39 is 0 Å². The summed E-state index contributed by atoms with van der Waals surface area (Å²) in [4.78, 5) is 15.1. The van der Waals surface area contributed by atoms with Crippen LogP contribution in [0.25, 0.3) is 10.4 Å². The summed E-state index contributed by atoms with van der Waals surface area (Å²) in [5, 5.41) is 0. The Kier molecular flexibility index (Phi) is 3.37. The van der Waals surface area contributed by atoms with Crippen molar-refractivity contribution >= 4 is 29.1 Å². The summed E-state index contributed by atoms with van der Waals surface area (Å²) in [6.45, 7) is 4.35. The number of hydrogen-bond acceptors (Lipinski definition) is 4.